The Morgan fingerprint density at radius 1 is 0.540 bits per heavy atom. The van der Waals surface area contributed by atoms with Crippen molar-refractivity contribution in [3.8, 4) is 78.8 Å². The topological polar surface area (TPSA) is 78.5 Å². The van der Waals surface area contributed by atoms with Gasteiger partial charge in [0, 0.05) is 0 Å². The average molecular weight is 801 g/mol. The number of allylic oxidation sites excluding steroid dienone is 2. The molecule has 0 bridgehead atoms. The zero-order valence-corrected chi connectivity index (χ0v) is 34.4. The van der Waals surface area contributed by atoms with E-state index >= 15 is 0 Å². The number of hydrogen-bond donors (Lipinski definition) is 3. The second kappa shape index (κ2) is 14.3. The molecule has 0 fully saturated rings. The first kappa shape index (κ1) is 38.4. The molecule has 0 saturated heterocycles. The Balaban J connectivity index is 1.22. The molecule has 0 aliphatic heterocycles. The number of aromatic hydroxyl groups is 3. The third kappa shape index (κ3) is 5.55. The number of nitrogens with zero attached hydrogens (tertiary/aromatic N) is 2. The maximum atomic E-state index is 12.1. The molecule has 0 spiro atoms. The van der Waals surface area contributed by atoms with Crippen LogP contribution in [0.1, 0.15) is 12.5 Å². The van der Waals surface area contributed by atoms with E-state index in [-0.39, 0.29) is 26.9 Å². The third-order valence-electron chi connectivity index (χ3n) is 12.8. The molecule has 1 aliphatic carbocycles. The van der Waals surface area contributed by atoms with Gasteiger partial charge in [-0.1, -0.05) is 24.3 Å². The molecule has 0 atom stereocenters. The van der Waals surface area contributed by atoms with Crippen molar-refractivity contribution in [2.45, 2.75) is 13.8 Å². The zero-order valence-electron chi connectivity index (χ0n) is 34.4. The number of para-hydroxylation sites is 2. The fraction of sp³-hybridized carbons (Fsp3) is 0.0370. The fourth-order valence-electron chi connectivity index (χ4n) is 9.78. The quantitative estimate of drug-likeness (QED) is 0.120. The molecular formula is C54H33B4N2O3. The molecule has 289 valence electrons. The van der Waals surface area contributed by atoms with Crippen molar-refractivity contribution in [1.29, 1.82) is 0 Å². The van der Waals surface area contributed by atoms with Crippen molar-refractivity contribution < 1.29 is 15.3 Å². The standard InChI is InChI=1S/C54H33B4N2O3/c1-27-42-45(38-26-25-37-34-15-6-5-14-33(34)35-16-10-17-36(38)44(35)37)49(57)47(50(58)48(56)28(2)55)43(46(42)52(62)53(63)51(27)61)30-21-23-31(24-22-30)54-59-39-18-7-8-19-41(39)60(54)40-20-9-12-29-11-3-4-13-32(29)40/h3-26,61-63H,1-2H3/b48-28-,50-47+. The van der Waals surface area contributed by atoms with E-state index < -0.39 is 17.2 Å². The van der Waals surface area contributed by atoms with Gasteiger partial charge < -0.3 is 0 Å². The fourth-order valence-corrected chi connectivity index (χ4v) is 9.78. The molecule has 11 rings (SSSR count). The summed E-state index contributed by atoms with van der Waals surface area (Å²) in [5.74, 6) is -0.942. The predicted molar refractivity (Wildman–Crippen MR) is 262 cm³/mol. The van der Waals surface area contributed by atoms with Crippen LogP contribution in [0.15, 0.2) is 157 Å². The Bertz CT molecular complexity index is 3760. The SMILES string of the molecule is [B]/C(C)=C([B])/C([B])=c1/c(-c2ccc(-c3nc4ccccc4n3-c3cccc4ccccc34)cc2)c2c(O)c(O)c(O)c(C)c2c(-c2ccc3c4c(cccc24)-c2ccccc2-3)c1=[B]. The summed E-state index contributed by atoms with van der Waals surface area (Å²) in [6.45, 7) is 3.36. The van der Waals surface area contributed by atoms with Gasteiger partial charge in [0.15, 0.2) is 0 Å². The number of aryl methyl sites for hydroxylation is 1. The van der Waals surface area contributed by atoms with E-state index in [1.165, 1.54) is 0 Å². The van der Waals surface area contributed by atoms with Gasteiger partial charge >= 0.3 is 346 Å². The molecule has 1 aromatic heterocycles. The Labute approximate surface area is 368 Å². The zero-order chi connectivity index (χ0) is 43.4. The molecule has 63 heavy (non-hydrogen) atoms. The van der Waals surface area contributed by atoms with Crippen LogP contribution in [-0.4, -0.2) is 55.9 Å². The van der Waals surface area contributed by atoms with Gasteiger partial charge in [-0.3, -0.25) is 0 Å². The molecule has 0 unspecified atom stereocenters. The number of imidazole rings is 1. The van der Waals surface area contributed by atoms with E-state index in [9.17, 15) is 15.3 Å². The Morgan fingerprint density at radius 2 is 1.14 bits per heavy atom. The van der Waals surface area contributed by atoms with Crippen molar-refractivity contribution >= 4 is 79.8 Å². The van der Waals surface area contributed by atoms with Crippen LogP contribution in [0.5, 0.6) is 17.2 Å². The Morgan fingerprint density at radius 3 is 1.90 bits per heavy atom. The van der Waals surface area contributed by atoms with E-state index in [1.807, 2.05) is 84.9 Å². The van der Waals surface area contributed by atoms with Crippen molar-refractivity contribution in [3.63, 3.8) is 0 Å². The summed E-state index contributed by atoms with van der Waals surface area (Å²) in [6.07, 6.45) is 0. The summed E-state index contributed by atoms with van der Waals surface area (Å²) in [5, 5.41) is 40.4. The van der Waals surface area contributed by atoms with E-state index in [4.69, 9.17) is 36.0 Å². The van der Waals surface area contributed by atoms with Crippen LogP contribution < -0.4 is 5.22 Å². The summed E-state index contributed by atoms with van der Waals surface area (Å²) in [6, 6.07) is 48.9. The number of rotatable bonds is 5. The van der Waals surface area contributed by atoms with E-state index in [2.05, 4.69) is 65.2 Å². The monoisotopic (exact) mass is 801 g/mol. The summed E-state index contributed by atoms with van der Waals surface area (Å²) < 4.78 is 2.17. The maximum absolute atomic E-state index is 12.1. The van der Waals surface area contributed by atoms with E-state index in [0.29, 0.717) is 32.9 Å². The van der Waals surface area contributed by atoms with E-state index in [1.54, 1.807) is 13.8 Å². The Kier molecular flexibility index (Phi) is 8.71. The van der Waals surface area contributed by atoms with Crippen molar-refractivity contribution in [1.82, 2.24) is 9.55 Å². The number of fused-ring (bicyclic) bond motifs is 6. The average Bonchev–Trinajstić information content (AvgIpc) is 3.86. The molecule has 9 heteroatoms. The number of aromatic nitrogens is 2. The third-order valence-corrected chi connectivity index (χ3v) is 12.8. The van der Waals surface area contributed by atoms with Crippen molar-refractivity contribution in [3.05, 3.63) is 172 Å². The minimum atomic E-state index is -0.670. The van der Waals surface area contributed by atoms with E-state index in [0.717, 1.165) is 77.5 Å². The molecule has 1 heterocycles. The van der Waals surface area contributed by atoms with Crippen molar-refractivity contribution in [2.75, 3.05) is 0 Å². The van der Waals surface area contributed by atoms with Gasteiger partial charge in [0.05, 0.1) is 0 Å². The number of phenolic OH excluding ortho intramolecular Hbond substituents is 3. The van der Waals surface area contributed by atoms with Gasteiger partial charge in [0.25, 0.3) is 0 Å². The first-order valence-electron chi connectivity index (χ1n) is 20.6. The van der Waals surface area contributed by atoms with Gasteiger partial charge in [-0.25, -0.2) is 0 Å². The second-order valence-corrected chi connectivity index (χ2v) is 16.2. The van der Waals surface area contributed by atoms with Gasteiger partial charge in [-0.2, -0.15) is 0 Å². The van der Waals surface area contributed by atoms with Crippen LogP contribution in [0.3, 0.4) is 0 Å². The molecule has 3 N–H and O–H groups in total. The first-order valence-corrected chi connectivity index (χ1v) is 20.6. The number of phenols is 3. The van der Waals surface area contributed by atoms with Crippen LogP contribution in [0.2, 0.25) is 0 Å². The predicted octanol–water partition coefficient (Wildman–Crippen LogP) is 10.8. The summed E-state index contributed by atoms with van der Waals surface area (Å²) in [5.41, 5.74) is 11.1. The van der Waals surface area contributed by atoms with Gasteiger partial charge in [-0.05, 0) is 0 Å². The van der Waals surface area contributed by atoms with Crippen LogP contribution in [0.25, 0.3) is 110 Å². The molecule has 9 aromatic carbocycles. The first-order chi connectivity index (χ1) is 30.5. The Hall–Kier alpha value is -7.50. The molecule has 10 aromatic rings. The summed E-state index contributed by atoms with van der Waals surface area (Å²) >= 11 is 0. The van der Waals surface area contributed by atoms with Crippen LogP contribution in [0, 0.1) is 12.0 Å². The number of hydrogen-bond acceptors (Lipinski definition) is 4. The minimum absolute atomic E-state index is 0.0930. The molecule has 1 aliphatic rings. The van der Waals surface area contributed by atoms with Crippen LogP contribution in [0.4, 0.5) is 0 Å². The molecule has 5 nitrogen and oxygen atoms in total. The molecule has 0 saturated carbocycles. The normalized spacial score (nSPS) is 12.9. The molecular weight excluding hydrogens is 768 g/mol. The van der Waals surface area contributed by atoms with Gasteiger partial charge in [-0.15, -0.1) is 0 Å². The van der Waals surface area contributed by atoms with Crippen LogP contribution in [-0.2, 0) is 0 Å². The summed E-state index contributed by atoms with van der Waals surface area (Å²) in [7, 11) is 27.5. The number of benzene rings is 9. The molecule has 0 amide bonds. The van der Waals surface area contributed by atoms with Crippen LogP contribution >= 0.6 is 0 Å². The summed E-state index contributed by atoms with van der Waals surface area (Å²) in [4.78, 5) is 5.15. The molecule has 7 radical (unpaired) electrons. The second-order valence-electron chi connectivity index (χ2n) is 16.2. The van der Waals surface area contributed by atoms with Crippen molar-refractivity contribution in [2.24, 2.45) is 0 Å². The van der Waals surface area contributed by atoms with Gasteiger partial charge in [0.2, 0.25) is 0 Å². The van der Waals surface area contributed by atoms with Gasteiger partial charge in [0.1, 0.15) is 0 Å².